The minimum Gasteiger partial charge on any atom is -0.315 e. The molecular formula is C29H21NO. The molecule has 0 radical (unpaired) electrons. The van der Waals surface area contributed by atoms with Crippen molar-refractivity contribution < 1.29 is 4.79 Å². The largest absolute Gasteiger partial charge is 0.315 e. The Morgan fingerprint density at radius 3 is 1.61 bits per heavy atom. The van der Waals surface area contributed by atoms with Crippen LogP contribution in [-0.2, 0) is 0 Å². The van der Waals surface area contributed by atoms with Crippen molar-refractivity contribution in [3.63, 3.8) is 0 Å². The van der Waals surface area contributed by atoms with Crippen molar-refractivity contribution in [3.05, 3.63) is 139 Å². The Morgan fingerprint density at radius 1 is 0.548 bits per heavy atom. The van der Waals surface area contributed by atoms with E-state index in [1.807, 2.05) is 91.1 Å². The van der Waals surface area contributed by atoms with E-state index >= 15 is 0 Å². The lowest BCUT2D eigenvalue weighted by molar-refractivity contribution is 0.103. The van der Waals surface area contributed by atoms with Gasteiger partial charge in [-0.05, 0) is 23.3 Å². The third-order valence-electron chi connectivity index (χ3n) is 5.43. The summed E-state index contributed by atoms with van der Waals surface area (Å²) in [5.41, 5.74) is 6.45. The predicted molar refractivity (Wildman–Crippen MR) is 127 cm³/mol. The van der Waals surface area contributed by atoms with E-state index < -0.39 is 0 Å². The van der Waals surface area contributed by atoms with Gasteiger partial charge in [-0.3, -0.25) is 4.79 Å². The molecule has 0 aliphatic rings. The summed E-state index contributed by atoms with van der Waals surface area (Å²) in [7, 11) is 0. The van der Waals surface area contributed by atoms with E-state index in [4.69, 9.17) is 0 Å². The highest BCUT2D eigenvalue weighted by atomic mass is 16.1. The molecule has 0 aliphatic heterocycles. The van der Waals surface area contributed by atoms with E-state index in [1.54, 1.807) is 0 Å². The number of hydrogen-bond donors (Lipinski definition) is 0. The Labute approximate surface area is 182 Å². The van der Waals surface area contributed by atoms with E-state index in [2.05, 4.69) is 41.0 Å². The van der Waals surface area contributed by atoms with Crippen molar-refractivity contribution in [3.8, 4) is 28.1 Å². The average Bonchev–Trinajstić information content (AvgIpc) is 3.26. The third kappa shape index (κ3) is 3.60. The molecule has 0 spiro atoms. The zero-order chi connectivity index (χ0) is 21.0. The fourth-order valence-electron chi connectivity index (χ4n) is 3.99. The summed E-state index contributed by atoms with van der Waals surface area (Å²) in [5, 5.41) is 0. The van der Waals surface area contributed by atoms with Gasteiger partial charge in [0.1, 0.15) is 0 Å². The van der Waals surface area contributed by atoms with Crippen LogP contribution < -0.4 is 0 Å². The molecule has 0 saturated heterocycles. The minimum atomic E-state index is 0.0197. The number of para-hydroxylation sites is 1. The number of ketones is 1. The fraction of sp³-hybridized carbons (Fsp3) is 0. The molecule has 1 aromatic heterocycles. The topological polar surface area (TPSA) is 22.0 Å². The van der Waals surface area contributed by atoms with Gasteiger partial charge in [0, 0.05) is 28.6 Å². The molecule has 148 valence electrons. The quantitative estimate of drug-likeness (QED) is 0.290. The van der Waals surface area contributed by atoms with E-state index in [1.165, 1.54) is 0 Å². The molecule has 0 saturated carbocycles. The Balaban J connectivity index is 1.85. The first-order valence-electron chi connectivity index (χ1n) is 10.3. The molecule has 0 unspecified atom stereocenters. The number of hydrogen-bond acceptors (Lipinski definition) is 1. The second-order valence-corrected chi connectivity index (χ2v) is 7.40. The lowest BCUT2D eigenvalue weighted by atomic mass is 9.94. The van der Waals surface area contributed by atoms with Crippen LogP contribution in [0.1, 0.15) is 15.9 Å². The van der Waals surface area contributed by atoms with Crippen molar-refractivity contribution in [1.82, 2.24) is 4.57 Å². The van der Waals surface area contributed by atoms with Gasteiger partial charge in [0.15, 0.2) is 5.78 Å². The van der Waals surface area contributed by atoms with Gasteiger partial charge < -0.3 is 4.57 Å². The van der Waals surface area contributed by atoms with Crippen molar-refractivity contribution in [2.24, 2.45) is 0 Å². The lowest BCUT2D eigenvalue weighted by Gasteiger charge is -2.13. The molecule has 0 amide bonds. The average molecular weight is 399 g/mol. The number of carbonyl (C=O) groups is 1. The van der Waals surface area contributed by atoms with Crippen LogP contribution in [0, 0.1) is 0 Å². The monoisotopic (exact) mass is 399 g/mol. The highest BCUT2D eigenvalue weighted by molar-refractivity contribution is 6.15. The highest BCUT2D eigenvalue weighted by Crippen LogP contribution is 2.39. The van der Waals surface area contributed by atoms with Gasteiger partial charge >= 0.3 is 0 Å². The molecule has 31 heavy (non-hydrogen) atoms. The fourth-order valence-corrected chi connectivity index (χ4v) is 3.99. The third-order valence-corrected chi connectivity index (χ3v) is 5.43. The minimum absolute atomic E-state index is 0.0197. The van der Waals surface area contributed by atoms with Gasteiger partial charge in [-0.25, -0.2) is 0 Å². The normalized spacial score (nSPS) is 10.7. The lowest BCUT2D eigenvalue weighted by Crippen LogP contribution is -2.01. The predicted octanol–water partition coefficient (Wildman–Crippen LogP) is 7.04. The molecular weight excluding hydrogens is 378 g/mol. The van der Waals surface area contributed by atoms with E-state index in [-0.39, 0.29) is 5.78 Å². The Kier molecular flexibility index (Phi) is 5.04. The standard InChI is InChI=1S/C29H21NO/c31-29(24-17-9-3-10-18-24)26-21-30(25-19-11-4-12-20-25)28(23-15-7-2-8-16-23)27(26)22-13-5-1-6-14-22/h1-21H. The number of nitrogens with zero attached hydrogens (tertiary/aromatic N) is 1. The van der Waals surface area contributed by atoms with E-state index in [9.17, 15) is 4.79 Å². The van der Waals surface area contributed by atoms with Gasteiger partial charge in [0.25, 0.3) is 0 Å². The molecule has 2 heteroatoms. The maximum Gasteiger partial charge on any atom is 0.195 e. The van der Waals surface area contributed by atoms with Gasteiger partial charge in [0.05, 0.1) is 5.69 Å². The van der Waals surface area contributed by atoms with Gasteiger partial charge in [-0.15, -0.1) is 0 Å². The molecule has 0 N–H and O–H groups in total. The van der Waals surface area contributed by atoms with Crippen molar-refractivity contribution in [2.45, 2.75) is 0 Å². The van der Waals surface area contributed by atoms with Crippen LogP contribution in [0.2, 0.25) is 0 Å². The molecule has 5 aromatic rings. The van der Waals surface area contributed by atoms with Gasteiger partial charge in [-0.2, -0.15) is 0 Å². The summed E-state index contributed by atoms with van der Waals surface area (Å²) >= 11 is 0. The maximum absolute atomic E-state index is 13.7. The first-order valence-corrected chi connectivity index (χ1v) is 10.3. The van der Waals surface area contributed by atoms with Crippen LogP contribution in [0.5, 0.6) is 0 Å². The molecule has 5 rings (SSSR count). The zero-order valence-corrected chi connectivity index (χ0v) is 17.0. The van der Waals surface area contributed by atoms with Crippen molar-refractivity contribution >= 4 is 5.78 Å². The summed E-state index contributed by atoms with van der Waals surface area (Å²) in [4.78, 5) is 13.7. The molecule has 2 nitrogen and oxygen atoms in total. The molecule has 1 heterocycles. The summed E-state index contributed by atoms with van der Waals surface area (Å²) < 4.78 is 2.13. The van der Waals surface area contributed by atoms with Crippen LogP contribution >= 0.6 is 0 Å². The van der Waals surface area contributed by atoms with Gasteiger partial charge in [-0.1, -0.05) is 109 Å². The van der Waals surface area contributed by atoms with Crippen LogP contribution in [0.15, 0.2) is 128 Å². The number of rotatable bonds is 5. The molecule has 0 atom stereocenters. The second kappa shape index (κ2) is 8.29. The van der Waals surface area contributed by atoms with E-state index in [0.29, 0.717) is 11.1 Å². The SMILES string of the molecule is O=C(c1ccccc1)c1cn(-c2ccccc2)c(-c2ccccc2)c1-c1ccccc1. The van der Waals surface area contributed by atoms with Crippen LogP contribution in [0.3, 0.4) is 0 Å². The Morgan fingerprint density at radius 2 is 1.03 bits per heavy atom. The van der Waals surface area contributed by atoms with Crippen molar-refractivity contribution in [1.29, 1.82) is 0 Å². The molecule has 4 aromatic carbocycles. The summed E-state index contributed by atoms with van der Waals surface area (Å²) in [6.45, 7) is 0. The Hall–Kier alpha value is -4.17. The molecule has 0 bridgehead atoms. The van der Waals surface area contributed by atoms with Crippen LogP contribution in [0.4, 0.5) is 0 Å². The number of benzene rings is 4. The van der Waals surface area contributed by atoms with E-state index in [0.717, 1.165) is 28.1 Å². The summed E-state index contributed by atoms with van der Waals surface area (Å²) in [6, 6.07) is 40.1. The summed E-state index contributed by atoms with van der Waals surface area (Å²) in [6.07, 6.45) is 1.98. The first kappa shape index (κ1) is 18.8. The highest BCUT2D eigenvalue weighted by Gasteiger charge is 2.24. The smallest absolute Gasteiger partial charge is 0.195 e. The van der Waals surface area contributed by atoms with Crippen LogP contribution in [0.25, 0.3) is 28.1 Å². The molecule has 0 fully saturated rings. The van der Waals surface area contributed by atoms with Crippen LogP contribution in [-0.4, -0.2) is 10.4 Å². The maximum atomic E-state index is 13.7. The molecule has 0 aliphatic carbocycles. The number of carbonyl (C=O) groups excluding carboxylic acids is 1. The summed E-state index contributed by atoms with van der Waals surface area (Å²) in [5.74, 6) is 0.0197. The first-order chi connectivity index (χ1) is 15.3. The second-order valence-electron chi connectivity index (χ2n) is 7.40. The zero-order valence-electron chi connectivity index (χ0n) is 17.0. The van der Waals surface area contributed by atoms with Gasteiger partial charge in [0.2, 0.25) is 0 Å². The van der Waals surface area contributed by atoms with Crippen molar-refractivity contribution in [2.75, 3.05) is 0 Å². The number of aromatic nitrogens is 1. The Bertz CT molecular complexity index is 1310.